The van der Waals surface area contributed by atoms with E-state index in [-0.39, 0.29) is 11.5 Å². The van der Waals surface area contributed by atoms with E-state index in [9.17, 15) is 5.11 Å². The van der Waals surface area contributed by atoms with Gasteiger partial charge in [-0.05, 0) is 19.3 Å². The van der Waals surface area contributed by atoms with Gasteiger partial charge in [-0.1, -0.05) is 13.8 Å². The van der Waals surface area contributed by atoms with Crippen molar-refractivity contribution in [2.45, 2.75) is 45.8 Å². The van der Waals surface area contributed by atoms with Crippen molar-refractivity contribution >= 4 is 0 Å². The predicted octanol–water partition coefficient (Wildman–Crippen LogP) is 2.13. The summed E-state index contributed by atoms with van der Waals surface area (Å²) in [4.78, 5) is 4.25. The summed E-state index contributed by atoms with van der Waals surface area (Å²) in [6.07, 6.45) is 6.66. The lowest BCUT2D eigenvalue weighted by Crippen LogP contribution is -2.15. The van der Waals surface area contributed by atoms with E-state index in [1.54, 1.807) is 6.20 Å². The average Bonchev–Trinajstić information content (AvgIpc) is 2.76. The van der Waals surface area contributed by atoms with Gasteiger partial charge in [0.2, 0.25) is 0 Å². The summed E-state index contributed by atoms with van der Waals surface area (Å²) < 4.78 is 2.06. The van der Waals surface area contributed by atoms with Crippen LogP contribution in [0.1, 0.15) is 45.0 Å². The molecule has 0 bridgehead atoms. The van der Waals surface area contributed by atoms with Crippen molar-refractivity contribution in [3.63, 3.8) is 0 Å². The number of aliphatic hydroxyl groups excluding tert-OH is 1. The Balaban J connectivity index is 2.18. The van der Waals surface area contributed by atoms with Crippen LogP contribution in [0.5, 0.6) is 0 Å². The molecule has 0 aromatic carbocycles. The summed E-state index contributed by atoms with van der Waals surface area (Å²) in [6.45, 7) is 5.21. The molecule has 1 aromatic rings. The molecule has 0 amide bonds. The number of rotatable bonds is 4. The Morgan fingerprint density at radius 3 is 2.93 bits per heavy atom. The maximum atomic E-state index is 10.1. The molecule has 1 aromatic heterocycles. The Kier molecular flexibility index (Phi) is 2.35. The van der Waals surface area contributed by atoms with Gasteiger partial charge in [-0.25, -0.2) is 4.98 Å². The first-order valence-corrected chi connectivity index (χ1v) is 5.36. The summed E-state index contributed by atoms with van der Waals surface area (Å²) >= 11 is 0. The lowest BCUT2D eigenvalue weighted by atomic mass is 10.0. The zero-order valence-corrected chi connectivity index (χ0v) is 8.90. The van der Waals surface area contributed by atoms with Gasteiger partial charge in [0.05, 0.1) is 0 Å². The van der Waals surface area contributed by atoms with E-state index in [2.05, 4.69) is 23.4 Å². The van der Waals surface area contributed by atoms with Crippen molar-refractivity contribution in [1.82, 2.24) is 9.55 Å². The van der Waals surface area contributed by atoms with Crippen molar-refractivity contribution in [2.75, 3.05) is 0 Å². The van der Waals surface area contributed by atoms with Gasteiger partial charge in [-0.3, -0.25) is 0 Å². The quantitative estimate of drug-likeness (QED) is 0.797. The van der Waals surface area contributed by atoms with Crippen LogP contribution in [0.4, 0.5) is 0 Å². The number of aromatic nitrogens is 2. The van der Waals surface area contributed by atoms with Crippen molar-refractivity contribution in [2.24, 2.45) is 5.41 Å². The molecule has 0 aliphatic heterocycles. The van der Waals surface area contributed by atoms with E-state index in [4.69, 9.17) is 0 Å². The SMILES string of the molecule is CCCn1ccnc1C(O)C1(C)CC1. The third-order valence-electron chi connectivity index (χ3n) is 3.16. The van der Waals surface area contributed by atoms with Crippen LogP contribution in [0.15, 0.2) is 12.4 Å². The third kappa shape index (κ3) is 1.57. The minimum atomic E-state index is -0.385. The minimum absolute atomic E-state index is 0.0941. The standard InChI is InChI=1S/C11H18N2O/c1-3-7-13-8-6-12-10(13)9(14)11(2)4-5-11/h6,8-9,14H,3-5,7H2,1-2H3. The molecule has 1 aliphatic carbocycles. The van der Waals surface area contributed by atoms with E-state index in [1.807, 2.05) is 6.20 Å². The average molecular weight is 194 g/mol. The molecule has 1 N–H and O–H groups in total. The second-order valence-electron chi connectivity index (χ2n) is 4.54. The highest BCUT2D eigenvalue weighted by atomic mass is 16.3. The van der Waals surface area contributed by atoms with Gasteiger partial charge in [0.15, 0.2) is 0 Å². The highest BCUT2D eigenvalue weighted by molar-refractivity contribution is 5.07. The zero-order chi connectivity index (χ0) is 10.2. The second kappa shape index (κ2) is 3.39. The predicted molar refractivity (Wildman–Crippen MR) is 54.8 cm³/mol. The Morgan fingerprint density at radius 1 is 1.64 bits per heavy atom. The summed E-state index contributed by atoms with van der Waals surface area (Å²) in [7, 11) is 0. The van der Waals surface area contributed by atoms with Gasteiger partial charge in [-0.15, -0.1) is 0 Å². The highest BCUT2D eigenvalue weighted by Crippen LogP contribution is 2.53. The maximum Gasteiger partial charge on any atom is 0.138 e. The number of aliphatic hydroxyl groups is 1. The summed E-state index contributed by atoms with van der Waals surface area (Å²) in [5.41, 5.74) is 0.0941. The Hall–Kier alpha value is -0.830. The number of aryl methyl sites for hydroxylation is 1. The molecule has 1 fully saturated rings. The van der Waals surface area contributed by atoms with Crippen LogP contribution >= 0.6 is 0 Å². The lowest BCUT2D eigenvalue weighted by molar-refractivity contribution is 0.0909. The number of imidazole rings is 1. The van der Waals surface area contributed by atoms with Gasteiger partial charge in [0.25, 0.3) is 0 Å². The van der Waals surface area contributed by atoms with Crippen LogP contribution in [0, 0.1) is 5.41 Å². The van der Waals surface area contributed by atoms with Gasteiger partial charge in [0, 0.05) is 24.4 Å². The van der Waals surface area contributed by atoms with E-state index in [0.29, 0.717) is 0 Å². The van der Waals surface area contributed by atoms with E-state index in [1.165, 1.54) is 0 Å². The van der Waals surface area contributed by atoms with E-state index >= 15 is 0 Å². The molecule has 1 atom stereocenters. The molecule has 1 unspecified atom stereocenters. The maximum absolute atomic E-state index is 10.1. The Labute approximate surface area is 84.8 Å². The molecule has 14 heavy (non-hydrogen) atoms. The topological polar surface area (TPSA) is 38.0 Å². The van der Waals surface area contributed by atoms with Crippen molar-refractivity contribution in [3.8, 4) is 0 Å². The van der Waals surface area contributed by atoms with Crippen molar-refractivity contribution < 1.29 is 5.11 Å². The first kappa shape index (κ1) is 9.71. The summed E-state index contributed by atoms with van der Waals surface area (Å²) in [6, 6.07) is 0. The molecule has 1 aliphatic rings. The minimum Gasteiger partial charge on any atom is -0.385 e. The van der Waals surface area contributed by atoms with Gasteiger partial charge in [0.1, 0.15) is 11.9 Å². The molecule has 0 saturated heterocycles. The first-order chi connectivity index (χ1) is 6.67. The molecule has 0 spiro atoms. The normalized spacial score (nSPS) is 20.8. The van der Waals surface area contributed by atoms with Gasteiger partial charge < -0.3 is 9.67 Å². The summed E-state index contributed by atoms with van der Waals surface area (Å²) in [5.74, 6) is 0.840. The fourth-order valence-electron chi connectivity index (χ4n) is 1.78. The highest BCUT2D eigenvalue weighted by Gasteiger charge is 2.46. The molecule has 0 radical (unpaired) electrons. The molecular formula is C11H18N2O. The van der Waals surface area contributed by atoms with Crippen molar-refractivity contribution in [3.05, 3.63) is 18.2 Å². The van der Waals surface area contributed by atoms with Crippen LogP contribution in [0.2, 0.25) is 0 Å². The van der Waals surface area contributed by atoms with Crippen LogP contribution in [0.3, 0.4) is 0 Å². The zero-order valence-electron chi connectivity index (χ0n) is 8.90. The molecular weight excluding hydrogens is 176 g/mol. The first-order valence-electron chi connectivity index (χ1n) is 5.36. The largest absolute Gasteiger partial charge is 0.385 e. The fraction of sp³-hybridized carbons (Fsp3) is 0.727. The van der Waals surface area contributed by atoms with Crippen LogP contribution in [-0.4, -0.2) is 14.7 Å². The molecule has 1 saturated carbocycles. The molecule has 3 heteroatoms. The molecule has 3 nitrogen and oxygen atoms in total. The molecule has 1 heterocycles. The number of hydrogen-bond acceptors (Lipinski definition) is 2. The van der Waals surface area contributed by atoms with E-state index < -0.39 is 0 Å². The van der Waals surface area contributed by atoms with Gasteiger partial charge in [-0.2, -0.15) is 0 Å². The molecule has 78 valence electrons. The summed E-state index contributed by atoms with van der Waals surface area (Å²) in [5, 5.41) is 10.1. The monoisotopic (exact) mass is 194 g/mol. The number of nitrogens with zero attached hydrogens (tertiary/aromatic N) is 2. The Bertz CT molecular complexity index is 315. The fourth-order valence-corrected chi connectivity index (χ4v) is 1.78. The third-order valence-corrected chi connectivity index (χ3v) is 3.16. The van der Waals surface area contributed by atoms with Crippen LogP contribution < -0.4 is 0 Å². The smallest absolute Gasteiger partial charge is 0.138 e. The molecule has 2 rings (SSSR count). The van der Waals surface area contributed by atoms with Gasteiger partial charge >= 0.3 is 0 Å². The van der Waals surface area contributed by atoms with E-state index in [0.717, 1.165) is 31.6 Å². The van der Waals surface area contributed by atoms with Crippen LogP contribution in [0.25, 0.3) is 0 Å². The lowest BCUT2D eigenvalue weighted by Gasteiger charge is -2.18. The van der Waals surface area contributed by atoms with Crippen LogP contribution in [-0.2, 0) is 6.54 Å². The second-order valence-corrected chi connectivity index (χ2v) is 4.54. The number of hydrogen-bond donors (Lipinski definition) is 1. The van der Waals surface area contributed by atoms with Crippen molar-refractivity contribution in [1.29, 1.82) is 0 Å². The Morgan fingerprint density at radius 2 is 2.36 bits per heavy atom.